The van der Waals surface area contributed by atoms with Crippen LogP contribution in [0.15, 0.2) is 24.3 Å². The van der Waals surface area contributed by atoms with E-state index in [1.807, 2.05) is 18.2 Å². The molecule has 0 bridgehead atoms. The molecule has 2 aliphatic carbocycles. The van der Waals surface area contributed by atoms with Crippen LogP contribution in [0.5, 0.6) is 0 Å². The number of hydrogen-bond acceptors (Lipinski definition) is 2. The standard InChI is InChI=1S/C17H22N2OS/c18-16(21)17(9-5-1-2-6-10-17)19-15(20)14-11-12-7-3-4-8-13(12)14/h3-4,7-8,14H,1-2,5-6,9-11H2,(H2,18,21)(H,19,20). The summed E-state index contributed by atoms with van der Waals surface area (Å²) in [6, 6.07) is 8.15. The van der Waals surface area contributed by atoms with Gasteiger partial charge in [0.25, 0.3) is 0 Å². The minimum Gasteiger partial charge on any atom is -0.391 e. The fourth-order valence-electron chi connectivity index (χ4n) is 3.58. The molecule has 2 aliphatic rings. The normalized spacial score (nSPS) is 23.3. The summed E-state index contributed by atoms with van der Waals surface area (Å²) in [4.78, 5) is 13.1. The first-order chi connectivity index (χ1) is 10.1. The molecule has 21 heavy (non-hydrogen) atoms. The second-order valence-corrected chi connectivity index (χ2v) is 6.75. The van der Waals surface area contributed by atoms with Crippen molar-refractivity contribution < 1.29 is 4.79 Å². The molecule has 3 rings (SSSR count). The molecule has 3 N–H and O–H groups in total. The zero-order valence-electron chi connectivity index (χ0n) is 12.2. The van der Waals surface area contributed by atoms with E-state index in [0.717, 1.165) is 37.7 Å². The summed E-state index contributed by atoms with van der Waals surface area (Å²) >= 11 is 5.29. The highest BCUT2D eigenvalue weighted by atomic mass is 32.1. The van der Waals surface area contributed by atoms with Crippen LogP contribution < -0.4 is 11.1 Å². The Balaban J connectivity index is 1.75. The average Bonchev–Trinajstić information content (AvgIpc) is 2.67. The van der Waals surface area contributed by atoms with Gasteiger partial charge in [-0.3, -0.25) is 4.79 Å². The lowest BCUT2D eigenvalue weighted by Gasteiger charge is -2.37. The Bertz CT molecular complexity index is 562. The molecule has 0 saturated heterocycles. The molecule has 0 aliphatic heterocycles. The van der Waals surface area contributed by atoms with Crippen molar-refractivity contribution in [2.75, 3.05) is 0 Å². The van der Waals surface area contributed by atoms with Gasteiger partial charge in [-0.25, -0.2) is 0 Å². The van der Waals surface area contributed by atoms with Gasteiger partial charge in [0, 0.05) is 0 Å². The van der Waals surface area contributed by atoms with Crippen molar-refractivity contribution >= 4 is 23.1 Å². The summed E-state index contributed by atoms with van der Waals surface area (Å²) in [6.45, 7) is 0. The second kappa shape index (κ2) is 5.76. The van der Waals surface area contributed by atoms with Crippen LogP contribution in [0.4, 0.5) is 0 Å². The first-order valence-corrected chi connectivity index (χ1v) is 8.23. The van der Waals surface area contributed by atoms with E-state index in [4.69, 9.17) is 18.0 Å². The Morgan fingerprint density at radius 1 is 1.19 bits per heavy atom. The van der Waals surface area contributed by atoms with Gasteiger partial charge in [-0.1, -0.05) is 62.2 Å². The van der Waals surface area contributed by atoms with E-state index < -0.39 is 5.54 Å². The third-order valence-electron chi connectivity index (χ3n) is 4.96. The number of nitrogens with two attached hydrogens (primary N) is 1. The molecule has 1 aromatic carbocycles. The number of hydrogen-bond donors (Lipinski definition) is 2. The van der Waals surface area contributed by atoms with E-state index in [1.165, 1.54) is 18.4 Å². The van der Waals surface area contributed by atoms with Crippen molar-refractivity contribution in [3.8, 4) is 0 Å². The van der Waals surface area contributed by atoms with Gasteiger partial charge < -0.3 is 11.1 Å². The van der Waals surface area contributed by atoms with Crippen LogP contribution >= 0.6 is 12.2 Å². The lowest BCUT2D eigenvalue weighted by Crippen LogP contribution is -2.58. The smallest absolute Gasteiger partial charge is 0.228 e. The number of nitrogens with one attached hydrogen (secondary N) is 1. The predicted molar refractivity (Wildman–Crippen MR) is 88.2 cm³/mol. The van der Waals surface area contributed by atoms with Gasteiger partial charge in [0.1, 0.15) is 0 Å². The van der Waals surface area contributed by atoms with Crippen LogP contribution in [-0.2, 0) is 11.2 Å². The van der Waals surface area contributed by atoms with Gasteiger partial charge >= 0.3 is 0 Å². The van der Waals surface area contributed by atoms with E-state index in [2.05, 4.69) is 11.4 Å². The molecular weight excluding hydrogens is 280 g/mol. The molecule has 0 spiro atoms. The van der Waals surface area contributed by atoms with Crippen LogP contribution in [-0.4, -0.2) is 16.4 Å². The summed E-state index contributed by atoms with van der Waals surface area (Å²) in [5, 5.41) is 3.21. The van der Waals surface area contributed by atoms with Crippen molar-refractivity contribution in [1.82, 2.24) is 5.32 Å². The molecule has 1 aromatic rings. The lowest BCUT2D eigenvalue weighted by molar-refractivity contribution is -0.124. The van der Waals surface area contributed by atoms with Crippen LogP contribution in [0.25, 0.3) is 0 Å². The van der Waals surface area contributed by atoms with Gasteiger partial charge in [0.05, 0.1) is 16.4 Å². The molecule has 1 unspecified atom stereocenters. The van der Waals surface area contributed by atoms with E-state index >= 15 is 0 Å². The van der Waals surface area contributed by atoms with E-state index in [-0.39, 0.29) is 11.8 Å². The second-order valence-electron chi connectivity index (χ2n) is 6.31. The Morgan fingerprint density at radius 3 is 2.48 bits per heavy atom. The van der Waals surface area contributed by atoms with E-state index in [9.17, 15) is 4.79 Å². The number of fused-ring (bicyclic) bond motifs is 1. The molecule has 0 heterocycles. The molecule has 0 aromatic heterocycles. The Labute approximate surface area is 131 Å². The van der Waals surface area contributed by atoms with Crippen molar-refractivity contribution in [2.24, 2.45) is 5.73 Å². The van der Waals surface area contributed by atoms with Crippen molar-refractivity contribution in [3.63, 3.8) is 0 Å². The maximum atomic E-state index is 12.7. The van der Waals surface area contributed by atoms with Crippen LogP contribution in [0, 0.1) is 0 Å². The monoisotopic (exact) mass is 302 g/mol. The fourth-order valence-corrected chi connectivity index (χ4v) is 3.84. The molecule has 1 amide bonds. The molecule has 3 nitrogen and oxygen atoms in total. The first kappa shape index (κ1) is 14.5. The zero-order valence-corrected chi connectivity index (χ0v) is 13.0. The summed E-state index contributed by atoms with van der Waals surface area (Å²) < 4.78 is 0. The van der Waals surface area contributed by atoms with Crippen molar-refractivity contribution in [3.05, 3.63) is 35.4 Å². The molecule has 4 heteroatoms. The predicted octanol–water partition coefficient (Wildman–Crippen LogP) is 2.82. The summed E-state index contributed by atoms with van der Waals surface area (Å²) in [7, 11) is 0. The highest BCUT2D eigenvalue weighted by molar-refractivity contribution is 7.80. The molecular formula is C17H22N2OS. The number of carbonyl (C=O) groups excluding carboxylic acids is 1. The van der Waals surface area contributed by atoms with Gasteiger partial charge in [-0.05, 0) is 30.4 Å². The molecule has 112 valence electrons. The fraction of sp³-hybridized carbons (Fsp3) is 0.529. The minimum absolute atomic E-state index is 0.0318. The number of benzene rings is 1. The molecule has 1 atom stereocenters. The third kappa shape index (κ3) is 2.69. The lowest BCUT2D eigenvalue weighted by atomic mass is 9.76. The molecule has 0 radical (unpaired) electrons. The van der Waals surface area contributed by atoms with E-state index in [0.29, 0.717) is 4.99 Å². The summed E-state index contributed by atoms with van der Waals surface area (Å²) in [5.74, 6) is 0.0547. The van der Waals surface area contributed by atoms with Gasteiger partial charge in [-0.2, -0.15) is 0 Å². The van der Waals surface area contributed by atoms with E-state index in [1.54, 1.807) is 0 Å². The quantitative estimate of drug-likeness (QED) is 0.667. The Morgan fingerprint density at radius 2 is 1.86 bits per heavy atom. The summed E-state index contributed by atoms with van der Waals surface area (Å²) in [6.07, 6.45) is 7.15. The van der Waals surface area contributed by atoms with Gasteiger partial charge in [-0.15, -0.1) is 0 Å². The molecule has 1 fully saturated rings. The SMILES string of the molecule is NC(=S)C1(NC(=O)C2Cc3ccccc32)CCCCCC1. The van der Waals surface area contributed by atoms with Crippen molar-refractivity contribution in [1.29, 1.82) is 0 Å². The van der Waals surface area contributed by atoms with Crippen molar-refractivity contribution in [2.45, 2.75) is 56.4 Å². The number of carbonyl (C=O) groups is 1. The highest BCUT2D eigenvalue weighted by Gasteiger charge is 2.39. The number of thiocarbonyl (C=S) groups is 1. The zero-order chi connectivity index (χ0) is 14.9. The highest BCUT2D eigenvalue weighted by Crippen LogP contribution is 2.36. The minimum atomic E-state index is -0.465. The maximum absolute atomic E-state index is 12.7. The topological polar surface area (TPSA) is 55.1 Å². The Kier molecular flexibility index (Phi) is 3.98. The molecule has 1 saturated carbocycles. The first-order valence-electron chi connectivity index (χ1n) is 7.82. The van der Waals surface area contributed by atoms with Crippen LogP contribution in [0.3, 0.4) is 0 Å². The largest absolute Gasteiger partial charge is 0.391 e. The van der Waals surface area contributed by atoms with Gasteiger partial charge in [0.15, 0.2) is 0 Å². The third-order valence-corrected chi connectivity index (χ3v) is 5.35. The Hall–Kier alpha value is -1.42. The van der Waals surface area contributed by atoms with Crippen LogP contribution in [0.2, 0.25) is 0 Å². The number of amides is 1. The average molecular weight is 302 g/mol. The number of rotatable bonds is 3. The van der Waals surface area contributed by atoms with Crippen LogP contribution in [0.1, 0.15) is 55.6 Å². The summed E-state index contributed by atoms with van der Waals surface area (Å²) in [5.41, 5.74) is 7.96. The maximum Gasteiger partial charge on any atom is 0.228 e. The van der Waals surface area contributed by atoms with Gasteiger partial charge in [0.2, 0.25) is 5.91 Å².